The lowest BCUT2D eigenvalue weighted by Gasteiger charge is -2.29. The van der Waals surface area contributed by atoms with Crippen molar-refractivity contribution in [2.75, 3.05) is 19.8 Å². The zero-order valence-electron chi connectivity index (χ0n) is 9.09. The molecule has 0 aromatic carbocycles. The fourth-order valence-electron chi connectivity index (χ4n) is 1.83. The van der Waals surface area contributed by atoms with Crippen LogP contribution in [0, 0.1) is 0 Å². The molecule has 1 fully saturated rings. The molecule has 0 spiro atoms. The predicted octanol–water partition coefficient (Wildman–Crippen LogP) is -1.44. The summed E-state index contributed by atoms with van der Waals surface area (Å²) in [5.41, 5.74) is -1.55. The Balaban J connectivity index is 2.76. The second-order valence-electron chi connectivity index (χ2n) is 4.31. The minimum Gasteiger partial charge on any atom is -0.394 e. The first-order chi connectivity index (χ1) is 7.49. The second kappa shape index (κ2) is 5.42. The summed E-state index contributed by atoms with van der Waals surface area (Å²) in [6.45, 7) is -1.90. The molecule has 1 saturated carbocycles. The van der Waals surface area contributed by atoms with Gasteiger partial charge < -0.3 is 15.3 Å². The quantitative estimate of drug-likeness (QED) is 0.464. The van der Waals surface area contributed by atoms with Crippen molar-refractivity contribution >= 4 is 10.0 Å². The first kappa shape index (κ1) is 13.9. The van der Waals surface area contributed by atoms with Crippen molar-refractivity contribution in [3.63, 3.8) is 0 Å². The van der Waals surface area contributed by atoms with Gasteiger partial charge >= 0.3 is 0 Å². The largest absolute Gasteiger partial charge is 0.394 e. The molecule has 4 N–H and O–H groups in total. The van der Waals surface area contributed by atoms with Crippen molar-refractivity contribution in [3.8, 4) is 0 Å². The maximum Gasteiger partial charge on any atom is 0.215 e. The minimum absolute atomic E-state index is 0.475. The summed E-state index contributed by atoms with van der Waals surface area (Å²) in [5, 5.41) is 26.6. The molecular formula is C9H19NO5S. The molecular weight excluding hydrogens is 234 g/mol. The Morgan fingerprint density at radius 2 is 1.50 bits per heavy atom. The van der Waals surface area contributed by atoms with Crippen molar-refractivity contribution < 1.29 is 23.7 Å². The number of sulfonamides is 1. The van der Waals surface area contributed by atoms with Gasteiger partial charge in [0, 0.05) is 0 Å². The van der Waals surface area contributed by atoms with E-state index >= 15 is 0 Å². The Bertz CT molecular complexity index is 298. The number of nitrogens with one attached hydrogen (secondary N) is 1. The van der Waals surface area contributed by atoms with Gasteiger partial charge in [-0.2, -0.15) is 0 Å². The summed E-state index contributed by atoms with van der Waals surface area (Å²) >= 11 is 0. The molecule has 6 nitrogen and oxygen atoms in total. The Kier molecular flexibility index (Phi) is 4.69. The SMILES string of the molecule is O=S(=O)(NC(CO)(CO)CO)C1CCCC1. The van der Waals surface area contributed by atoms with Crippen LogP contribution in [0.5, 0.6) is 0 Å². The van der Waals surface area contributed by atoms with E-state index in [2.05, 4.69) is 4.72 Å². The maximum atomic E-state index is 11.9. The molecule has 96 valence electrons. The van der Waals surface area contributed by atoms with Gasteiger partial charge in [-0.3, -0.25) is 0 Å². The Labute approximate surface area is 95.3 Å². The summed E-state index contributed by atoms with van der Waals surface area (Å²) < 4.78 is 26.0. The van der Waals surface area contributed by atoms with Gasteiger partial charge in [-0.25, -0.2) is 13.1 Å². The average Bonchev–Trinajstić information content (AvgIpc) is 2.80. The van der Waals surface area contributed by atoms with E-state index in [0.29, 0.717) is 12.8 Å². The third-order valence-electron chi connectivity index (χ3n) is 3.01. The van der Waals surface area contributed by atoms with Gasteiger partial charge in [-0.05, 0) is 12.8 Å². The Morgan fingerprint density at radius 3 is 1.88 bits per heavy atom. The van der Waals surface area contributed by atoms with Crippen LogP contribution in [0.2, 0.25) is 0 Å². The highest BCUT2D eigenvalue weighted by Crippen LogP contribution is 2.25. The molecule has 7 heteroatoms. The molecule has 0 radical (unpaired) electrons. The third-order valence-corrected chi connectivity index (χ3v) is 5.07. The van der Waals surface area contributed by atoms with Crippen LogP contribution >= 0.6 is 0 Å². The summed E-state index contributed by atoms with van der Waals surface area (Å²) in [6, 6.07) is 0. The van der Waals surface area contributed by atoms with Gasteiger partial charge in [-0.1, -0.05) is 12.8 Å². The van der Waals surface area contributed by atoms with E-state index in [1.54, 1.807) is 0 Å². The average molecular weight is 253 g/mol. The van der Waals surface area contributed by atoms with Crippen LogP contribution in [0.3, 0.4) is 0 Å². The maximum absolute atomic E-state index is 11.9. The van der Waals surface area contributed by atoms with Crippen LogP contribution in [-0.2, 0) is 10.0 Å². The lowest BCUT2D eigenvalue weighted by atomic mass is 10.1. The molecule has 0 unspecified atom stereocenters. The first-order valence-electron chi connectivity index (χ1n) is 5.35. The molecule has 16 heavy (non-hydrogen) atoms. The number of aliphatic hydroxyl groups is 3. The third kappa shape index (κ3) is 2.92. The molecule has 0 aromatic heterocycles. The summed E-state index contributed by atoms with van der Waals surface area (Å²) in [7, 11) is -3.58. The molecule has 1 rings (SSSR count). The lowest BCUT2D eigenvalue weighted by molar-refractivity contribution is 0.0580. The highest BCUT2D eigenvalue weighted by molar-refractivity contribution is 7.90. The van der Waals surface area contributed by atoms with E-state index in [4.69, 9.17) is 15.3 Å². The summed E-state index contributed by atoms with van der Waals surface area (Å²) in [6.07, 6.45) is 2.92. The molecule has 1 aliphatic carbocycles. The van der Waals surface area contributed by atoms with Crippen LogP contribution in [0.15, 0.2) is 0 Å². The van der Waals surface area contributed by atoms with Crippen LogP contribution in [0.25, 0.3) is 0 Å². The van der Waals surface area contributed by atoms with Gasteiger partial charge in [0.15, 0.2) is 0 Å². The van der Waals surface area contributed by atoms with Gasteiger partial charge in [0.1, 0.15) is 5.54 Å². The van der Waals surface area contributed by atoms with Gasteiger partial charge in [0.05, 0.1) is 25.1 Å². The van der Waals surface area contributed by atoms with Crippen molar-refractivity contribution in [1.82, 2.24) is 4.72 Å². The van der Waals surface area contributed by atoms with Crippen LogP contribution in [0.1, 0.15) is 25.7 Å². The predicted molar refractivity (Wildman–Crippen MR) is 58.3 cm³/mol. The summed E-state index contributed by atoms with van der Waals surface area (Å²) in [5.74, 6) is 0. The minimum atomic E-state index is -3.58. The van der Waals surface area contributed by atoms with E-state index in [-0.39, 0.29) is 0 Å². The topological polar surface area (TPSA) is 107 Å². The van der Waals surface area contributed by atoms with Crippen molar-refractivity contribution in [2.45, 2.75) is 36.5 Å². The Hall–Kier alpha value is -0.210. The van der Waals surface area contributed by atoms with Gasteiger partial charge in [-0.15, -0.1) is 0 Å². The van der Waals surface area contributed by atoms with Crippen LogP contribution in [-0.4, -0.2) is 54.3 Å². The van der Waals surface area contributed by atoms with Crippen molar-refractivity contribution in [1.29, 1.82) is 0 Å². The molecule has 1 aliphatic rings. The van der Waals surface area contributed by atoms with Gasteiger partial charge in [0.25, 0.3) is 0 Å². The number of aliphatic hydroxyl groups excluding tert-OH is 3. The molecule has 0 amide bonds. The fourth-order valence-corrected chi connectivity index (χ4v) is 3.75. The van der Waals surface area contributed by atoms with E-state index in [1.807, 2.05) is 0 Å². The highest BCUT2D eigenvalue weighted by Gasteiger charge is 2.37. The number of rotatable bonds is 6. The Morgan fingerprint density at radius 1 is 1.06 bits per heavy atom. The van der Waals surface area contributed by atoms with E-state index in [1.165, 1.54) is 0 Å². The zero-order chi connectivity index (χ0) is 12.2. The number of hydrogen-bond acceptors (Lipinski definition) is 5. The normalized spacial score (nSPS) is 19.2. The molecule has 0 bridgehead atoms. The van der Waals surface area contributed by atoms with Crippen LogP contribution in [0.4, 0.5) is 0 Å². The van der Waals surface area contributed by atoms with Crippen LogP contribution < -0.4 is 4.72 Å². The standard InChI is InChI=1S/C9H19NO5S/c11-5-9(6-12,7-13)10-16(14,15)8-3-1-2-4-8/h8,10-13H,1-7H2. The summed E-state index contributed by atoms with van der Waals surface area (Å²) in [4.78, 5) is 0. The second-order valence-corrected chi connectivity index (χ2v) is 6.27. The van der Waals surface area contributed by atoms with E-state index < -0.39 is 40.6 Å². The zero-order valence-corrected chi connectivity index (χ0v) is 9.91. The molecule has 0 heterocycles. The highest BCUT2D eigenvalue weighted by atomic mass is 32.2. The van der Waals surface area contributed by atoms with Crippen molar-refractivity contribution in [3.05, 3.63) is 0 Å². The molecule has 0 aliphatic heterocycles. The molecule has 0 atom stereocenters. The molecule has 0 aromatic rings. The molecule has 0 saturated heterocycles. The fraction of sp³-hybridized carbons (Fsp3) is 1.00. The lowest BCUT2D eigenvalue weighted by Crippen LogP contribution is -2.58. The van der Waals surface area contributed by atoms with Crippen molar-refractivity contribution in [2.24, 2.45) is 0 Å². The van der Waals surface area contributed by atoms with E-state index in [9.17, 15) is 8.42 Å². The first-order valence-corrected chi connectivity index (χ1v) is 6.90. The number of hydrogen-bond donors (Lipinski definition) is 4. The monoisotopic (exact) mass is 253 g/mol. The van der Waals surface area contributed by atoms with Gasteiger partial charge in [0.2, 0.25) is 10.0 Å². The smallest absolute Gasteiger partial charge is 0.215 e. The van der Waals surface area contributed by atoms with E-state index in [0.717, 1.165) is 12.8 Å².